The maximum atomic E-state index is 12.9. The quantitative estimate of drug-likeness (QED) is 0.243. The van der Waals surface area contributed by atoms with Crippen molar-refractivity contribution < 1.29 is 9.13 Å². The minimum atomic E-state index is -0.194. The number of benzene rings is 1. The Bertz CT molecular complexity index is 537. The molecule has 1 aromatic carbocycles. The van der Waals surface area contributed by atoms with Crippen LogP contribution in [0.2, 0.25) is 0 Å². The van der Waals surface area contributed by atoms with Crippen LogP contribution in [0.4, 0.5) is 4.39 Å². The predicted octanol–water partition coefficient (Wildman–Crippen LogP) is 2.81. The number of aliphatic imine (C=N–C) groups is 1. The summed E-state index contributed by atoms with van der Waals surface area (Å²) in [4.78, 5) is 8.61. The number of nitrogens with one attached hydrogen (secondary N) is 1. The molecule has 1 N–H and O–H groups in total. The highest BCUT2D eigenvalue weighted by Crippen LogP contribution is 2.28. The second-order valence-corrected chi connectivity index (χ2v) is 6.78. The van der Waals surface area contributed by atoms with Gasteiger partial charge in [0.05, 0.1) is 6.61 Å². The fourth-order valence-electron chi connectivity index (χ4n) is 2.57. The molecule has 0 atom stereocenters. The van der Waals surface area contributed by atoms with E-state index < -0.39 is 0 Å². The first-order valence-corrected chi connectivity index (χ1v) is 9.01. The molecule has 2 rings (SSSR count). The zero-order valence-corrected chi connectivity index (χ0v) is 18.4. The van der Waals surface area contributed by atoms with E-state index in [-0.39, 0.29) is 29.8 Å². The lowest BCUT2D eigenvalue weighted by molar-refractivity contribution is 0.115. The number of likely N-dealkylation sites (N-methyl/N-ethyl adjacent to an activating group) is 2. The van der Waals surface area contributed by atoms with Crippen LogP contribution < -0.4 is 5.32 Å². The van der Waals surface area contributed by atoms with Crippen molar-refractivity contribution in [3.63, 3.8) is 0 Å². The SMILES string of the molecule is CN=C(NCCN(C)Cc1ccc(F)cc1)N(C)CCOCC1CC1.I. The van der Waals surface area contributed by atoms with E-state index in [9.17, 15) is 4.39 Å². The molecule has 0 spiro atoms. The van der Waals surface area contributed by atoms with Crippen molar-refractivity contribution >= 4 is 29.9 Å². The molecule has 1 saturated carbocycles. The van der Waals surface area contributed by atoms with Gasteiger partial charge >= 0.3 is 0 Å². The van der Waals surface area contributed by atoms with E-state index in [4.69, 9.17) is 4.74 Å². The molecular weight excluding hydrogens is 446 g/mol. The van der Waals surface area contributed by atoms with Crippen LogP contribution in [0.5, 0.6) is 0 Å². The highest BCUT2D eigenvalue weighted by atomic mass is 127. The van der Waals surface area contributed by atoms with Gasteiger partial charge in [0, 0.05) is 46.9 Å². The molecule has 0 heterocycles. The third kappa shape index (κ3) is 9.14. The lowest BCUT2D eigenvalue weighted by Crippen LogP contribution is -2.43. The molecule has 0 amide bonds. The Morgan fingerprint density at radius 3 is 2.54 bits per heavy atom. The summed E-state index contributed by atoms with van der Waals surface area (Å²) in [6, 6.07) is 6.66. The van der Waals surface area contributed by atoms with Crippen molar-refractivity contribution in [2.45, 2.75) is 19.4 Å². The van der Waals surface area contributed by atoms with Crippen molar-refractivity contribution in [3.05, 3.63) is 35.6 Å². The molecule has 26 heavy (non-hydrogen) atoms. The Morgan fingerprint density at radius 1 is 1.23 bits per heavy atom. The van der Waals surface area contributed by atoms with Gasteiger partial charge in [0.2, 0.25) is 0 Å². The summed E-state index contributed by atoms with van der Waals surface area (Å²) in [5, 5.41) is 3.38. The molecule has 0 aromatic heterocycles. The molecule has 0 bridgehead atoms. The van der Waals surface area contributed by atoms with Crippen molar-refractivity contribution in [1.29, 1.82) is 0 Å². The number of guanidine groups is 1. The third-order valence-corrected chi connectivity index (χ3v) is 4.34. The van der Waals surface area contributed by atoms with Gasteiger partial charge in [-0.3, -0.25) is 4.99 Å². The minimum absolute atomic E-state index is 0. The Hall–Kier alpha value is -0.930. The molecule has 148 valence electrons. The molecule has 0 unspecified atom stereocenters. The van der Waals surface area contributed by atoms with Gasteiger partial charge in [0.25, 0.3) is 0 Å². The average Bonchev–Trinajstić information content (AvgIpc) is 3.42. The Labute approximate surface area is 174 Å². The fraction of sp³-hybridized carbons (Fsp3) is 0.632. The van der Waals surface area contributed by atoms with Gasteiger partial charge in [0.15, 0.2) is 5.96 Å². The van der Waals surface area contributed by atoms with Crippen LogP contribution in [0.25, 0.3) is 0 Å². The number of hydrogen-bond donors (Lipinski definition) is 1. The highest BCUT2D eigenvalue weighted by molar-refractivity contribution is 14.0. The second-order valence-electron chi connectivity index (χ2n) is 6.78. The molecule has 1 aliphatic carbocycles. The van der Waals surface area contributed by atoms with E-state index >= 15 is 0 Å². The van der Waals surface area contributed by atoms with E-state index in [1.54, 1.807) is 7.05 Å². The van der Waals surface area contributed by atoms with E-state index in [1.165, 1.54) is 25.0 Å². The molecule has 7 heteroatoms. The normalized spacial score (nSPS) is 14.3. The lowest BCUT2D eigenvalue weighted by atomic mass is 10.2. The van der Waals surface area contributed by atoms with Crippen LogP contribution in [-0.4, -0.2) is 69.8 Å². The summed E-state index contributed by atoms with van der Waals surface area (Å²) >= 11 is 0. The molecular formula is C19H32FIN4O. The van der Waals surface area contributed by atoms with Gasteiger partial charge in [0.1, 0.15) is 5.82 Å². The van der Waals surface area contributed by atoms with Crippen molar-refractivity contribution in [2.75, 3.05) is 54.0 Å². The van der Waals surface area contributed by atoms with E-state index in [0.29, 0.717) is 0 Å². The Kier molecular flexibility index (Phi) is 11.1. The maximum absolute atomic E-state index is 12.9. The van der Waals surface area contributed by atoms with Gasteiger partial charge in [-0.05, 0) is 43.5 Å². The summed E-state index contributed by atoms with van der Waals surface area (Å²) < 4.78 is 18.6. The second kappa shape index (κ2) is 12.5. The summed E-state index contributed by atoms with van der Waals surface area (Å²) in [5.74, 6) is 1.49. The molecule has 0 saturated heterocycles. The number of nitrogens with zero attached hydrogens (tertiary/aromatic N) is 3. The topological polar surface area (TPSA) is 40.1 Å². The molecule has 0 radical (unpaired) electrons. The third-order valence-electron chi connectivity index (χ3n) is 4.34. The molecule has 1 aromatic rings. The van der Waals surface area contributed by atoms with Gasteiger partial charge in [-0.15, -0.1) is 24.0 Å². The van der Waals surface area contributed by atoms with Crippen LogP contribution in [-0.2, 0) is 11.3 Å². The Balaban J connectivity index is 0.00000338. The zero-order chi connectivity index (χ0) is 18.1. The molecule has 0 aliphatic heterocycles. The van der Waals surface area contributed by atoms with Crippen LogP contribution in [0.15, 0.2) is 29.3 Å². The van der Waals surface area contributed by atoms with Gasteiger partial charge in [-0.1, -0.05) is 12.1 Å². The summed E-state index contributed by atoms with van der Waals surface area (Å²) in [7, 11) is 5.88. The first-order chi connectivity index (χ1) is 12.1. The van der Waals surface area contributed by atoms with Crippen molar-refractivity contribution in [3.8, 4) is 0 Å². The fourth-order valence-corrected chi connectivity index (χ4v) is 2.57. The van der Waals surface area contributed by atoms with Crippen LogP contribution in [0.1, 0.15) is 18.4 Å². The number of ether oxygens (including phenoxy) is 1. The number of rotatable bonds is 10. The maximum Gasteiger partial charge on any atom is 0.193 e. The smallest absolute Gasteiger partial charge is 0.193 e. The molecule has 1 aliphatic rings. The first kappa shape index (κ1) is 23.1. The number of halogens is 2. The van der Waals surface area contributed by atoms with Gasteiger partial charge < -0.3 is 19.9 Å². The van der Waals surface area contributed by atoms with Gasteiger partial charge in [-0.25, -0.2) is 4.39 Å². The monoisotopic (exact) mass is 478 g/mol. The minimum Gasteiger partial charge on any atom is -0.379 e. The van der Waals surface area contributed by atoms with Gasteiger partial charge in [-0.2, -0.15) is 0 Å². The predicted molar refractivity (Wildman–Crippen MR) is 116 cm³/mol. The van der Waals surface area contributed by atoms with Crippen molar-refractivity contribution in [1.82, 2.24) is 15.1 Å². The van der Waals surface area contributed by atoms with E-state index in [2.05, 4.69) is 27.2 Å². The van der Waals surface area contributed by atoms with E-state index in [0.717, 1.165) is 56.8 Å². The standard InChI is InChI=1S/C19H31FN4O.HI/c1-21-19(24(3)12-13-25-15-17-4-5-17)22-10-11-23(2)14-16-6-8-18(20)9-7-16;/h6-9,17H,4-5,10-15H2,1-3H3,(H,21,22);1H. The summed E-state index contributed by atoms with van der Waals surface area (Å²) in [6.45, 7) is 4.94. The van der Waals surface area contributed by atoms with E-state index in [1.807, 2.05) is 19.2 Å². The molecule has 5 nitrogen and oxygen atoms in total. The summed E-state index contributed by atoms with van der Waals surface area (Å²) in [6.07, 6.45) is 2.65. The first-order valence-electron chi connectivity index (χ1n) is 9.01. The zero-order valence-electron chi connectivity index (χ0n) is 16.1. The van der Waals surface area contributed by atoms with Crippen molar-refractivity contribution in [2.24, 2.45) is 10.9 Å². The highest BCUT2D eigenvalue weighted by Gasteiger charge is 2.21. The average molecular weight is 478 g/mol. The largest absolute Gasteiger partial charge is 0.379 e. The number of hydrogen-bond acceptors (Lipinski definition) is 3. The lowest BCUT2D eigenvalue weighted by Gasteiger charge is -2.23. The summed E-state index contributed by atoms with van der Waals surface area (Å²) in [5.41, 5.74) is 1.11. The Morgan fingerprint density at radius 2 is 1.92 bits per heavy atom. The van der Waals surface area contributed by atoms with Crippen LogP contribution >= 0.6 is 24.0 Å². The molecule has 1 fully saturated rings. The van der Waals surface area contributed by atoms with Crippen LogP contribution in [0.3, 0.4) is 0 Å². The van der Waals surface area contributed by atoms with Crippen LogP contribution in [0, 0.1) is 11.7 Å².